The molecule has 3 aromatic rings. The predicted molar refractivity (Wildman–Crippen MR) is 83.3 cm³/mol. The fourth-order valence-electron chi connectivity index (χ4n) is 2.19. The Hall–Kier alpha value is -2.31. The van der Waals surface area contributed by atoms with E-state index in [2.05, 4.69) is 4.98 Å². The third-order valence-electron chi connectivity index (χ3n) is 3.20. The molecule has 0 saturated carbocycles. The maximum absolute atomic E-state index is 10.8. The van der Waals surface area contributed by atoms with Gasteiger partial charge >= 0.3 is 0 Å². The molecular formula is C15H13N3O2S. The maximum Gasteiger partial charge on any atom is 0.269 e. The van der Waals surface area contributed by atoms with Gasteiger partial charge in [0.25, 0.3) is 5.69 Å². The summed E-state index contributed by atoms with van der Waals surface area (Å²) in [6.07, 6.45) is 0.529. The van der Waals surface area contributed by atoms with Gasteiger partial charge in [0.05, 0.1) is 21.2 Å². The third kappa shape index (κ3) is 2.91. The molecule has 1 aromatic heterocycles. The van der Waals surface area contributed by atoms with Crippen LogP contribution >= 0.6 is 11.3 Å². The lowest BCUT2D eigenvalue weighted by molar-refractivity contribution is -0.384. The Labute approximate surface area is 125 Å². The van der Waals surface area contributed by atoms with Gasteiger partial charge < -0.3 is 5.73 Å². The van der Waals surface area contributed by atoms with Crippen LogP contribution in [0.1, 0.15) is 16.6 Å². The number of para-hydroxylation sites is 1. The zero-order valence-corrected chi connectivity index (χ0v) is 11.9. The Bertz CT molecular complexity index is 767. The molecule has 3 rings (SSSR count). The highest BCUT2D eigenvalue weighted by Gasteiger charge is 2.14. The van der Waals surface area contributed by atoms with Crippen molar-refractivity contribution in [1.29, 1.82) is 0 Å². The Morgan fingerprint density at radius 2 is 2.05 bits per heavy atom. The van der Waals surface area contributed by atoms with Crippen molar-refractivity contribution in [2.45, 2.75) is 12.5 Å². The van der Waals surface area contributed by atoms with Gasteiger partial charge in [0.2, 0.25) is 0 Å². The van der Waals surface area contributed by atoms with Gasteiger partial charge in [-0.2, -0.15) is 0 Å². The number of thiazole rings is 1. The van der Waals surface area contributed by atoms with E-state index in [-0.39, 0.29) is 11.7 Å². The molecule has 0 bridgehead atoms. The zero-order chi connectivity index (χ0) is 14.8. The number of nitrogens with zero attached hydrogens (tertiary/aromatic N) is 2. The molecule has 21 heavy (non-hydrogen) atoms. The molecule has 5 nitrogen and oxygen atoms in total. The lowest BCUT2D eigenvalue weighted by atomic mass is 10.1. The van der Waals surface area contributed by atoms with Crippen molar-refractivity contribution < 1.29 is 4.92 Å². The SMILES string of the molecule is NC(Cc1cccc([N+](=O)[O-])c1)c1nc2ccccc2s1. The van der Waals surface area contributed by atoms with Gasteiger partial charge in [0.1, 0.15) is 5.01 Å². The lowest BCUT2D eigenvalue weighted by Crippen LogP contribution is -2.13. The van der Waals surface area contributed by atoms with Gasteiger partial charge in [0.15, 0.2) is 0 Å². The third-order valence-corrected chi connectivity index (χ3v) is 4.37. The Morgan fingerprint density at radius 3 is 2.81 bits per heavy atom. The highest BCUT2D eigenvalue weighted by molar-refractivity contribution is 7.18. The number of non-ortho nitro benzene ring substituents is 1. The Morgan fingerprint density at radius 1 is 1.24 bits per heavy atom. The number of aromatic nitrogens is 1. The van der Waals surface area contributed by atoms with E-state index in [4.69, 9.17) is 5.73 Å². The van der Waals surface area contributed by atoms with Crippen LogP contribution in [-0.2, 0) is 6.42 Å². The largest absolute Gasteiger partial charge is 0.322 e. The van der Waals surface area contributed by atoms with Crippen LogP contribution in [0.3, 0.4) is 0 Å². The number of nitro benzene ring substituents is 1. The minimum Gasteiger partial charge on any atom is -0.322 e. The first-order valence-corrected chi connectivity index (χ1v) is 7.29. The predicted octanol–water partition coefficient (Wildman–Crippen LogP) is 3.45. The highest BCUT2D eigenvalue weighted by atomic mass is 32.1. The normalized spacial score (nSPS) is 12.4. The van der Waals surface area contributed by atoms with E-state index in [1.807, 2.05) is 30.3 Å². The molecule has 2 N–H and O–H groups in total. The average molecular weight is 299 g/mol. The molecule has 2 aromatic carbocycles. The summed E-state index contributed by atoms with van der Waals surface area (Å²) >= 11 is 1.57. The van der Waals surface area contributed by atoms with Gasteiger partial charge in [0, 0.05) is 12.1 Å². The summed E-state index contributed by atoms with van der Waals surface area (Å²) < 4.78 is 1.10. The van der Waals surface area contributed by atoms with Crippen molar-refractivity contribution in [3.8, 4) is 0 Å². The summed E-state index contributed by atoms with van der Waals surface area (Å²) in [5, 5.41) is 11.6. The summed E-state index contributed by atoms with van der Waals surface area (Å²) in [4.78, 5) is 14.9. The van der Waals surface area contributed by atoms with Crippen molar-refractivity contribution in [1.82, 2.24) is 4.98 Å². The molecule has 0 saturated heterocycles. The van der Waals surface area contributed by atoms with E-state index in [1.165, 1.54) is 6.07 Å². The number of rotatable bonds is 4. The number of nitrogens with two attached hydrogens (primary N) is 1. The van der Waals surface area contributed by atoms with Crippen molar-refractivity contribution in [2.24, 2.45) is 5.73 Å². The van der Waals surface area contributed by atoms with Crippen molar-refractivity contribution >= 4 is 27.2 Å². The first-order valence-electron chi connectivity index (χ1n) is 6.48. The molecular weight excluding hydrogens is 286 g/mol. The van der Waals surface area contributed by atoms with Crippen LogP contribution in [0.4, 0.5) is 5.69 Å². The fraction of sp³-hybridized carbons (Fsp3) is 0.133. The van der Waals surface area contributed by atoms with Gasteiger partial charge in [-0.1, -0.05) is 24.3 Å². The second-order valence-electron chi connectivity index (χ2n) is 4.76. The van der Waals surface area contributed by atoms with Gasteiger partial charge in [-0.15, -0.1) is 11.3 Å². The van der Waals surface area contributed by atoms with Crippen LogP contribution in [-0.4, -0.2) is 9.91 Å². The summed E-state index contributed by atoms with van der Waals surface area (Å²) in [7, 11) is 0. The molecule has 1 unspecified atom stereocenters. The van der Waals surface area contributed by atoms with E-state index in [0.29, 0.717) is 6.42 Å². The van der Waals surface area contributed by atoms with Gasteiger partial charge in [-0.3, -0.25) is 10.1 Å². The quantitative estimate of drug-likeness (QED) is 0.591. The molecule has 1 atom stereocenters. The Kier molecular flexibility index (Phi) is 3.64. The number of hydrogen-bond donors (Lipinski definition) is 1. The summed E-state index contributed by atoms with van der Waals surface area (Å²) in [5.74, 6) is 0. The average Bonchev–Trinajstić information content (AvgIpc) is 2.91. The van der Waals surface area contributed by atoms with E-state index in [1.54, 1.807) is 23.5 Å². The summed E-state index contributed by atoms with van der Waals surface area (Å²) in [5.41, 5.74) is 8.06. The highest BCUT2D eigenvalue weighted by Crippen LogP contribution is 2.27. The lowest BCUT2D eigenvalue weighted by Gasteiger charge is -2.08. The topological polar surface area (TPSA) is 82.0 Å². The molecule has 6 heteroatoms. The molecule has 106 valence electrons. The standard InChI is InChI=1S/C15H13N3O2S/c16-12(9-10-4-3-5-11(8-10)18(19)20)15-17-13-6-1-2-7-14(13)21-15/h1-8,12H,9,16H2. The van der Waals surface area contributed by atoms with Crippen LogP contribution in [0.5, 0.6) is 0 Å². The molecule has 0 radical (unpaired) electrons. The minimum absolute atomic E-state index is 0.0870. The molecule has 0 aliphatic heterocycles. The monoisotopic (exact) mass is 299 g/mol. The summed E-state index contributed by atoms with van der Waals surface area (Å²) in [6.45, 7) is 0. The van der Waals surface area contributed by atoms with Crippen LogP contribution in [0, 0.1) is 10.1 Å². The van der Waals surface area contributed by atoms with Crippen LogP contribution < -0.4 is 5.73 Å². The minimum atomic E-state index is -0.396. The zero-order valence-electron chi connectivity index (χ0n) is 11.1. The van der Waals surface area contributed by atoms with Crippen molar-refractivity contribution in [2.75, 3.05) is 0 Å². The molecule has 0 aliphatic rings. The smallest absolute Gasteiger partial charge is 0.269 e. The van der Waals surface area contributed by atoms with Crippen LogP contribution in [0.15, 0.2) is 48.5 Å². The van der Waals surface area contributed by atoms with Gasteiger partial charge in [-0.25, -0.2) is 4.98 Å². The Balaban J connectivity index is 1.84. The second-order valence-corrected chi connectivity index (χ2v) is 5.82. The maximum atomic E-state index is 10.8. The molecule has 0 aliphatic carbocycles. The molecule has 1 heterocycles. The number of fused-ring (bicyclic) bond motifs is 1. The van der Waals surface area contributed by atoms with Crippen LogP contribution in [0.2, 0.25) is 0 Å². The van der Waals surface area contributed by atoms with Crippen molar-refractivity contribution in [3.63, 3.8) is 0 Å². The molecule has 0 amide bonds. The molecule has 0 spiro atoms. The van der Waals surface area contributed by atoms with Crippen LogP contribution in [0.25, 0.3) is 10.2 Å². The van der Waals surface area contributed by atoms with E-state index >= 15 is 0 Å². The molecule has 0 fully saturated rings. The first-order chi connectivity index (χ1) is 10.1. The fourth-order valence-corrected chi connectivity index (χ4v) is 3.16. The van der Waals surface area contributed by atoms with Gasteiger partial charge in [-0.05, 0) is 24.1 Å². The number of nitro groups is 1. The van der Waals surface area contributed by atoms with E-state index in [9.17, 15) is 10.1 Å². The van der Waals surface area contributed by atoms with Crippen molar-refractivity contribution in [3.05, 3.63) is 69.2 Å². The first kappa shape index (κ1) is 13.7. The summed E-state index contributed by atoms with van der Waals surface area (Å²) in [6, 6.07) is 14.2. The number of hydrogen-bond acceptors (Lipinski definition) is 5. The second kappa shape index (κ2) is 5.59. The van der Waals surface area contributed by atoms with E-state index < -0.39 is 4.92 Å². The van der Waals surface area contributed by atoms with E-state index in [0.717, 1.165) is 20.8 Å². The number of benzene rings is 2.